The average Bonchev–Trinajstić information content (AvgIpc) is 2.47. The van der Waals surface area contributed by atoms with E-state index in [1.54, 1.807) is 37.4 Å². The number of benzene rings is 1. The topological polar surface area (TPSA) is 90.0 Å². The van der Waals surface area contributed by atoms with Crippen molar-refractivity contribution in [3.8, 4) is 17.4 Å². The number of amidine groups is 1. The molecule has 0 saturated heterocycles. The number of aromatic nitrogens is 1. The Balaban J connectivity index is 2.28. The highest BCUT2D eigenvalue weighted by molar-refractivity contribution is 5.95. The molecule has 0 saturated carbocycles. The molecule has 0 fully saturated rings. The van der Waals surface area contributed by atoms with Gasteiger partial charge in [0.2, 0.25) is 5.88 Å². The summed E-state index contributed by atoms with van der Waals surface area (Å²) in [6, 6.07) is 12.2. The summed E-state index contributed by atoms with van der Waals surface area (Å²) >= 11 is 0. The van der Waals surface area contributed by atoms with Crippen molar-refractivity contribution in [2.24, 2.45) is 10.9 Å². The third kappa shape index (κ3) is 2.92. The standard InChI is InChI=1S/C13H13N3O3/c1-18-10-6-2-3-7-11(10)19-12-8-4-5-9(15-12)13(14)16-17/h2-8,17H,1H3,(H2,14,16). The highest BCUT2D eigenvalue weighted by atomic mass is 16.5. The molecular formula is C13H13N3O3. The highest BCUT2D eigenvalue weighted by Crippen LogP contribution is 2.29. The lowest BCUT2D eigenvalue weighted by Crippen LogP contribution is -2.14. The van der Waals surface area contributed by atoms with Gasteiger partial charge in [-0.2, -0.15) is 0 Å². The first-order valence-electron chi connectivity index (χ1n) is 5.50. The van der Waals surface area contributed by atoms with Crippen molar-refractivity contribution in [2.75, 3.05) is 7.11 Å². The monoisotopic (exact) mass is 259 g/mol. The van der Waals surface area contributed by atoms with E-state index in [0.29, 0.717) is 23.1 Å². The third-order valence-corrected chi connectivity index (χ3v) is 2.38. The minimum absolute atomic E-state index is 0.0783. The summed E-state index contributed by atoms with van der Waals surface area (Å²) in [5, 5.41) is 11.5. The van der Waals surface area contributed by atoms with Crippen LogP contribution in [-0.4, -0.2) is 23.1 Å². The minimum atomic E-state index is -0.0783. The molecule has 0 aliphatic rings. The first-order valence-corrected chi connectivity index (χ1v) is 5.50. The van der Waals surface area contributed by atoms with Gasteiger partial charge in [-0.3, -0.25) is 0 Å². The van der Waals surface area contributed by atoms with Gasteiger partial charge in [-0.1, -0.05) is 23.4 Å². The molecule has 3 N–H and O–H groups in total. The van der Waals surface area contributed by atoms with Crippen LogP contribution in [0.25, 0.3) is 0 Å². The maximum Gasteiger partial charge on any atom is 0.220 e. The van der Waals surface area contributed by atoms with Crippen molar-refractivity contribution in [3.63, 3.8) is 0 Å². The van der Waals surface area contributed by atoms with Crippen molar-refractivity contribution in [2.45, 2.75) is 0 Å². The van der Waals surface area contributed by atoms with E-state index in [9.17, 15) is 0 Å². The predicted molar refractivity (Wildman–Crippen MR) is 69.8 cm³/mol. The van der Waals surface area contributed by atoms with Crippen LogP contribution in [0.15, 0.2) is 47.6 Å². The van der Waals surface area contributed by atoms with Gasteiger partial charge in [0.25, 0.3) is 0 Å². The van der Waals surface area contributed by atoms with Crippen LogP contribution in [0.2, 0.25) is 0 Å². The van der Waals surface area contributed by atoms with E-state index in [0.717, 1.165) is 0 Å². The number of nitrogens with two attached hydrogens (primary N) is 1. The quantitative estimate of drug-likeness (QED) is 0.379. The van der Waals surface area contributed by atoms with Gasteiger partial charge in [0.05, 0.1) is 7.11 Å². The lowest BCUT2D eigenvalue weighted by atomic mass is 10.3. The molecule has 0 atom stereocenters. The highest BCUT2D eigenvalue weighted by Gasteiger charge is 2.07. The van der Waals surface area contributed by atoms with E-state index >= 15 is 0 Å². The summed E-state index contributed by atoms with van der Waals surface area (Å²) in [7, 11) is 1.56. The Labute approximate surface area is 110 Å². The van der Waals surface area contributed by atoms with Gasteiger partial charge in [-0.25, -0.2) is 4.98 Å². The molecule has 1 heterocycles. The number of hydrogen-bond donors (Lipinski definition) is 2. The molecule has 0 aliphatic heterocycles. The fraction of sp³-hybridized carbons (Fsp3) is 0.0769. The zero-order valence-electron chi connectivity index (χ0n) is 10.3. The van der Waals surface area contributed by atoms with Crippen LogP contribution < -0.4 is 15.2 Å². The number of methoxy groups -OCH3 is 1. The smallest absolute Gasteiger partial charge is 0.220 e. The molecule has 0 aliphatic carbocycles. The summed E-state index contributed by atoms with van der Waals surface area (Å²) in [6.07, 6.45) is 0. The van der Waals surface area contributed by atoms with Crippen molar-refractivity contribution >= 4 is 5.84 Å². The normalized spacial score (nSPS) is 11.1. The summed E-state index contributed by atoms with van der Waals surface area (Å²) in [5.41, 5.74) is 5.80. The Bertz CT molecular complexity index is 599. The van der Waals surface area contributed by atoms with Gasteiger partial charge in [0, 0.05) is 6.07 Å². The Kier molecular flexibility index (Phi) is 3.82. The SMILES string of the molecule is COc1ccccc1Oc1cccc(C(N)=NO)n1. The molecule has 0 radical (unpaired) electrons. The van der Waals surface area contributed by atoms with Crippen LogP contribution in [-0.2, 0) is 0 Å². The third-order valence-electron chi connectivity index (χ3n) is 2.38. The molecular weight excluding hydrogens is 246 g/mol. The summed E-state index contributed by atoms with van der Waals surface area (Å²) in [6.45, 7) is 0. The fourth-order valence-electron chi connectivity index (χ4n) is 1.48. The van der Waals surface area contributed by atoms with E-state index in [4.69, 9.17) is 20.4 Å². The Morgan fingerprint density at radius 3 is 2.58 bits per heavy atom. The van der Waals surface area contributed by atoms with Crippen LogP contribution in [0.4, 0.5) is 0 Å². The lowest BCUT2D eigenvalue weighted by molar-refractivity contribution is 0.318. The van der Waals surface area contributed by atoms with Crippen LogP contribution in [0.3, 0.4) is 0 Å². The van der Waals surface area contributed by atoms with Gasteiger partial charge < -0.3 is 20.4 Å². The van der Waals surface area contributed by atoms with Crippen molar-refractivity contribution in [3.05, 3.63) is 48.2 Å². The summed E-state index contributed by atoms with van der Waals surface area (Å²) in [5.74, 6) is 1.38. The van der Waals surface area contributed by atoms with E-state index in [2.05, 4.69) is 10.1 Å². The number of pyridine rings is 1. The number of oxime groups is 1. The first kappa shape index (κ1) is 12.7. The zero-order valence-corrected chi connectivity index (χ0v) is 10.3. The average molecular weight is 259 g/mol. The Hall–Kier alpha value is -2.76. The number of nitrogens with zero attached hydrogens (tertiary/aromatic N) is 2. The molecule has 0 amide bonds. The maximum atomic E-state index is 8.61. The Morgan fingerprint density at radius 1 is 1.16 bits per heavy atom. The molecule has 1 aromatic heterocycles. The predicted octanol–water partition coefficient (Wildman–Crippen LogP) is 1.98. The molecule has 0 spiro atoms. The lowest BCUT2D eigenvalue weighted by Gasteiger charge is -2.09. The van der Waals surface area contributed by atoms with Crippen LogP contribution >= 0.6 is 0 Å². The number of para-hydroxylation sites is 2. The van der Waals surface area contributed by atoms with Crippen LogP contribution in [0.1, 0.15) is 5.69 Å². The fourth-order valence-corrected chi connectivity index (χ4v) is 1.48. The molecule has 19 heavy (non-hydrogen) atoms. The number of ether oxygens (including phenoxy) is 2. The molecule has 2 aromatic rings. The van der Waals surface area contributed by atoms with E-state index < -0.39 is 0 Å². The van der Waals surface area contributed by atoms with Crippen molar-refractivity contribution < 1.29 is 14.7 Å². The second kappa shape index (κ2) is 5.72. The molecule has 0 unspecified atom stereocenters. The second-order valence-electron chi connectivity index (χ2n) is 3.60. The van der Waals surface area contributed by atoms with Gasteiger partial charge in [0.1, 0.15) is 5.69 Å². The minimum Gasteiger partial charge on any atom is -0.493 e. The summed E-state index contributed by atoms with van der Waals surface area (Å²) in [4.78, 5) is 4.12. The largest absolute Gasteiger partial charge is 0.493 e. The summed E-state index contributed by atoms with van der Waals surface area (Å²) < 4.78 is 10.8. The number of hydrogen-bond acceptors (Lipinski definition) is 5. The molecule has 0 bridgehead atoms. The van der Waals surface area contributed by atoms with Gasteiger partial charge >= 0.3 is 0 Å². The maximum absolute atomic E-state index is 8.61. The second-order valence-corrected chi connectivity index (χ2v) is 3.60. The van der Waals surface area contributed by atoms with E-state index in [1.165, 1.54) is 0 Å². The van der Waals surface area contributed by atoms with Gasteiger partial charge in [-0.05, 0) is 18.2 Å². The molecule has 6 nitrogen and oxygen atoms in total. The van der Waals surface area contributed by atoms with Crippen LogP contribution in [0.5, 0.6) is 17.4 Å². The Morgan fingerprint density at radius 2 is 1.89 bits per heavy atom. The van der Waals surface area contributed by atoms with Gasteiger partial charge in [0.15, 0.2) is 17.3 Å². The van der Waals surface area contributed by atoms with Crippen molar-refractivity contribution in [1.82, 2.24) is 4.98 Å². The first-order chi connectivity index (χ1) is 9.24. The van der Waals surface area contributed by atoms with E-state index in [1.807, 2.05) is 12.1 Å². The molecule has 2 rings (SSSR count). The molecule has 1 aromatic carbocycles. The molecule has 98 valence electrons. The van der Waals surface area contributed by atoms with Gasteiger partial charge in [-0.15, -0.1) is 0 Å². The van der Waals surface area contributed by atoms with E-state index in [-0.39, 0.29) is 5.84 Å². The molecule has 6 heteroatoms. The zero-order chi connectivity index (χ0) is 13.7. The van der Waals surface area contributed by atoms with Crippen molar-refractivity contribution in [1.29, 1.82) is 0 Å². The van der Waals surface area contributed by atoms with Crippen LogP contribution in [0, 0.1) is 0 Å². The number of rotatable bonds is 4.